The molecule has 3 aliphatic rings. The van der Waals surface area contributed by atoms with Gasteiger partial charge in [0.25, 0.3) is 5.91 Å². The van der Waals surface area contributed by atoms with Gasteiger partial charge in [0, 0.05) is 17.1 Å². The maximum absolute atomic E-state index is 13.9. The Kier molecular flexibility index (Phi) is 6.27. The quantitative estimate of drug-likeness (QED) is 0.360. The number of Topliss-reactive ketones (excluding diaryl/α,β-unsaturated/α-hetero) is 2. The second-order valence-corrected chi connectivity index (χ2v) is 10.4. The van der Waals surface area contributed by atoms with Crippen LogP contribution in [0.25, 0.3) is 16.9 Å². The normalized spacial score (nSPS) is 26.3. The predicted octanol–water partition coefficient (Wildman–Crippen LogP) is 2.03. The summed E-state index contributed by atoms with van der Waals surface area (Å²) in [5, 5.41) is 44.9. The van der Waals surface area contributed by atoms with E-state index >= 15 is 0 Å². The zero-order valence-corrected chi connectivity index (χ0v) is 21.8. The number of nitrogens with zero attached hydrogens (tertiary/aromatic N) is 1. The standard InChI is InChI=1S/C29H30N2O8/c1-4-39-19-8-6-5-7-15(19)14-9-10-18(32)21-16(14)11-13-12-17-23(31(2)3)25(34)22(28(30)37)27(36)29(17,38)26(35)20(13)24(21)33/h5-10,13,17,23,32-33,36,38H,4,11-12H2,1-3H3,(H2,30,37)/t13-,17+,23-,29+/m1/s1. The molecule has 1 saturated carbocycles. The van der Waals surface area contributed by atoms with Crippen molar-refractivity contribution in [1.82, 2.24) is 4.90 Å². The van der Waals surface area contributed by atoms with Crippen LogP contribution in [0.3, 0.4) is 0 Å². The minimum absolute atomic E-state index is 0.0218. The van der Waals surface area contributed by atoms with Gasteiger partial charge in [-0.25, -0.2) is 0 Å². The number of amides is 1. The van der Waals surface area contributed by atoms with Crippen LogP contribution in [0, 0.1) is 11.8 Å². The number of phenolic OH excluding ortho intramolecular Hbond substituents is 1. The molecule has 0 heterocycles. The first-order valence-corrected chi connectivity index (χ1v) is 12.7. The maximum Gasteiger partial charge on any atom is 0.255 e. The van der Waals surface area contributed by atoms with E-state index in [1.807, 2.05) is 31.2 Å². The molecule has 0 aromatic heterocycles. The molecule has 4 atom stereocenters. The van der Waals surface area contributed by atoms with Crippen LogP contribution in [0.2, 0.25) is 0 Å². The highest BCUT2D eigenvalue weighted by atomic mass is 16.5. The van der Waals surface area contributed by atoms with Gasteiger partial charge in [-0.05, 0) is 63.0 Å². The Morgan fingerprint density at radius 2 is 1.79 bits per heavy atom. The monoisotopic (exact) mass is 534 g/mol. The summed E-state index contributed by atoms with van der Waals surface area (Å²) in [4.78, 5) is 40.8. The molecule has 6 N–H and O–H groups in total. The zero-order chi connectivity index (χ0) is 28.4. The highest BCUT2D eigenvalue weighted by Crippen LogP contribution is 2.54. The van der Waals surface area contributed by atoms with Crippen molar-refractivity contribution in [2.45, 2.75) is 31.4 Å². The average Bonchev–Trinajstić information content (AvgIpc) is 2.87. The minimum atomic E-state index is -2.67. The van der Waals surface area contributed by atoms with E-state index < -0.39 is 58.0 Å². The summed E-state index contributed by atoms with van der Waals surface area (Å²) in [5.74, 6) is -6.19. The lowest BCUT2D eigenvalue weighted by molar-refractivity contribution is -0.153. The number of aliphatic hydroxyl groups excluding tert-OH is 2. The van der Waals surface area contributed by atoms with Gasteiger partial charge in [0.2, 0.25) is 5.78 Å². The molecule has 2 aromatic rings. The molecule has 0 unspecified atom stereocenters. The maximum atomic E-state index is 13.9. The molecule has 5 rings (SSSR count). The van der Waals surface area contributed by atoms with Gasteiger partial charge in [-0.1, -0.05) is 24.3 Å². The SMILES string of the molecule is CCOc1ccccc1-c1ccc(O)c2c1C[C@@H]1C[C@H]3[C@@H](N(C)C)C(=O)C(C(N)=O)=C(O)[C@@]3(O)C(=O)C1=C2O. The number of hydrogen-bond donors (Lipinski definition) is 5. The lowest BCUT2D eigenvalue weighted by Gasteiger charge is -2.50. The third-order valence-electron chi connectivity index (χ3n) is 8.08. The summed E-state index contributed by atoms with van der Waals surface area (Å²) >= 11 is 0. The number of likely N-dealkylation sites (N-methyl/N-ethyl adjacent to an activating group) is 1. The molecular formula is C29H30N2O8. The second-order valence-electron chi connectivity index (χ2n) is 10.4. The van der Waals surface area contributed by atoms with Gasteiger partial charge in [-0.2, -0.15) is 0 Å². The number of phenols is 1. The number of benzene rings is 2. The second kappa shape index (κ2) is 9.25. The number of rotatable bonds is 5. The highest BCUT2D eigenvalue weighted by molar-refractivity contribution is 6.24. The van der Waals surface area contributed by atoms with Crippen molar-refractivity contribution < 1.29 is 39.5 Å². The van der Waals surface area contributed by atoms with Crippen molar-refractivity contribution in [3.8, 4) is 22.6 Å². The molecule has 0 saturated heterocycles. The number of para-hydroxylation sites is 1. The minimum Gasteiger partial charge on any atom is -0.508 e. The van der Waals surface area contributed by atoms with Crippen LogP contribution in [0.15, 0.2) is 53.3 Å². The molecule has 10 heteroatoms. The Morgan fingerprint density at radius 3 is 2.44 bits per heavy atom. The van der Waals surface area contributed by atoms with Gasteiger partial charge < -0.3 is 30.9 Å². The number of ether oxygens (including phenoxy) is 1. The Bertz CT molecular complexity index is 1490. The summed E-state index contributed by atoms with van der Waals surface area (Å²) < 4.78 is 5.80. The Morgan fingerprint density at radius 1 is 1.10 bits per heavy atom. The van der Waals surface area contributed by atoms with Gasteiger partial charge in [-0.3, -0.25) is 19.3 Å². The van der Waals surface area contributed by atoms with E-state index in [4.69, 9.17) is 10.5 Å². The molecule has 3 aliphatic carbocycles. The van der Waals surface area contributed by atoms with Crippen molar-refractivity contribution in [3.63, 3.8) is 0 Å². The van der Waals surface area contributed by atoms with Crippen molar-refractivity contribution in [2.24, 2.45) is 17.6 Å². The predicted molar refractivity (Wildman–Crippen MR) is 141 cm³/mol. The molecular weight excluding hydrogens is 504 g/mol. The number of nitrogens with two attached hydrogens (primary N) is 1. The zero-order valence-electron chi connectivity index (χ0n) is 21.8. The van der Waals surface area contributed by atoms with E-state index in [9.17, 15) is 34.8 Å². The number of hydrogen-bond acceptors (Lipinski definition) is 9. The molecule has 2 aromatic carbocycles. The van der Waals surface area contributed by atoms with Gasteiger partial charge >= 0.3 is 0 Å². The van der Waals surface area contributed by atoms with Crippen LogP contribution < -0.4 is 10.5 Å². The molecule has 0 bridgehead atoms. The summed E-state index contributed by atoms with van der Waals surface area (Å²) in [7, 11) is 3.13. The third kappa shape index (κ3) is 3.66. The van der Waals surface area contributed by atoms with E-state index in [0.717, 1.165) is 5.56 Å². The molecule has 39 heavy (non-hydrogen) atoms. The molecule has 204 valence electrons. The third-order valence-corrected chi connectivity index (χ3v) is 8.08. The van der Waals surface area contributed by atoms with Crippen LogP contribution in [0.1, 0.15) is 24.5 Å². The van der Waals surface area contributed by atoms with E-state index in [2.05, 4.69) is 0 Å². The van der Waals surface area contributed by atoms with E-state index in [1.54, 1.807) is 20.2 Å². The van der Waals surface area contributed by atoms with Crippen molar-refractivity contribution in [1.29, 1.82) is 0 Å². The Hall–Kier alpha value is -4.15. The lowest BCUT2D eigenvalue weighted by atomic mass is 9.57. The average molecular weight is 535 g/mol. The Balaban J connectivity index is 1.74. The number of primary amides is 1. The van der Waals surface area contributed by atoms with Gasteiger partial charge in [0.1, 0.15) is 28.6 Å². The van der Waals surface area contributed by atoms with Crippen molar-refractivity contribution >= 4 is 23.2 Å². The fourth-order valence-corrected chi connectivity index (χ4v) is 6.47. The molecule has 10 nitrogen and oxygen atoms in total. The van der Waals surface area contributed by atoms with Crippen molar-refractivity contribution in [2.75, 3.05) is 20.7 Å². The van der Waals surface area contributed by atoms with Crippen LogP contribution >= 0.6 is 0 Å². The van der Waals surface area contributed by atoms with Gasteiger partial charge in [-0.15, -0.1) is 0 Å². The fraction of sp³-hybridized carbons (Fsp3) is 0.345. The molecule has 0 spiro atoms. The summed E-state index contributed by atoms with van der Waals surface area (Å²) in [6.45, 7) is 2.28. The number of fused-ring (bicyclic) bond motifs is 3. The van der Waals surface area contributed by atoms with E-state index in [1.165, 1.54) is 11.0 Å². The summed E-state index contributed by atoms with van der Waals surface area (Å²) in [5.41, 5.74) is 3.70. The van der Waals surface area contributed by atoms with Crippen LogP contribution in [-0.4, -0.2) is 75.1 Å². The molecule has 0 radical (unpaired) electrons. The number of aliphatic hydroxyl groups is 3. The smallest absolute Gasteiger partial charge is 0.255 e. The number of ketones is 2. The van der Waals surface area contributed by atoms with E-state index in [-0.39, 0.29) is 29.7 Å². The number of carbonyl (C=O) groups is 3. The van der Waals surface area contributed by atoms with Crippen molar-refractivity contribution in [3.05, 3.63) is 64.4 Å². The number of aromatic hydroxyl groups is 1. The molecule has 0 aliphatic heterocycles. The lowest BCUT2D eigenvalue weighted by Crippen LogP contribution is -2.65. The van der Waals surface area contributed by atoms with Crippen LogP contribution in [-0.2, 0) is 20.8 Å². The fourth-order valence-electron chi connectivity index (χ4n) is 6.47. The topological polar surface area (TPSA) is 171 Å². The summed E-state index contributed by atoms with van der Waals surface area (Å²) in [6, 6.07) is 9.33. The van der Waals surface area contributed by atoms with Gasteiger partial charge in [0.15, 0.2) is 11.4 Å². The highest BCUT2D eigenvalue weighted by Gasteiger charge is 2.64. The van der Waals surface area contributed by atoms with Crippen LogP contribution in [0.4, 0.5) is 0 Å². The van der Waals surface area contributed by atoms with Crippen LogP contribution in [0.5, 0.6) is 11.5 Å². The first kappa shape index (κ1) is 26.5. The van der Waals surface area contributed by atoms with E-state index in [0.29, 0.717) is 23.5 Å². The van der Waals surface area contributed by atoms with Gasteiger partial charge in [0.05, 0.1) is 18.2 Å². The number of carbonyl (C=O) groups excluding carboxylic acids is 3. The largest absolute Gasteiger partial charge is 0.508 e. The first-order chi connectivity index (χ1) is 18.4. The molecule has 1 fully saturated rings. The molecule has 1 amide bonds. The summed E-state index contributed by atoms with van der Waals surface area (Å²) in [6.07, 6.45) is 0.215. The first-order valence-electron chi connectivity index (χ1n) is 12.7. The Labute approximate surface area is 224 Å².